The third kappa shape index (κ3) is 4.18. The molecule has 0 saturated carbocycles. The van der Waals surface area contributed by atoms with Crippen molar-refractivity contribution in [3.05, 3.63) is 52.6 Å². The van der Waals surface area contributed by atoms with Crippen molar-refractivity contribution in [2.45, 2.75) is 20.0 Å². The minimum Gasteiger partial charge on any atom is -0.497 e. The van der Waals surface area contributed by atoms with Crippen molar-refractivity contribution in [2.24, 2.45) is 0 Å². The summed E-state index contributed by atoms with van der Waals surface area (Å²) in [5.74, 6) is 1.60. The summed E-state index contributed by atoms with van der Waals surface area (Å²) in [4.78, 5) is 10.8. The Kier molecular flexibility index (Phi) is 4.93. The predicted molar refractivity (Wildman–Crippen MR) is 79.9 cm³/mol. The number of halogens is 1. The van der Waals surface area contributed by atoms with Crippen LogP contribution < -0.4 is 4.74 Å². The first-order valence-corrected chi connectivity index (χ1v) is 6.76. The van der Waals surface area contributed by atoms with Gasteiger partial charge in [0.1, 0.15) is 16.7 Å². The molecule has 0 fully saturated rings. The molecule has 0 spiro atoms. The lowest BCUT2D eigenvalue weighted by molar-refractivity contribution is 0.309. The average Bonchev–Trinajstić information content (AvgIpc) is 2.37. The van der Waals surface area contributed by atoms with E-state index in [1.54, 1.807) is 13.2 Å². The second-order valence-electron chi connectivity index (χ2n) is 4.77. The van der Waals surface area contributed by atoms with Crippen molar-refractivity contribution in [1.29, 1.82) is 0 Å². The van der Waals surface area contributed by atoms with Crippen LogP contribution in [-0.4, -0.2) is 29.0 Å². The van der Waals surface area contributed by atoms with Crippen molar-refractivity contribution in [2.75, 3.05) is 14.2 Å². The minimum atomic E-state index is 0.488. The fourth-order valence-corrected chi connectivity index (χ4v) is 2.29. The van der Waals surface area contributed by atoms with E-state index < -0.39 is 0 Å². The lowest BCUT2D eigenvalue weighted by Crippen LogP contribution is -2.19. The van der Waals surface area contributed by atoms with E-state index in [1.165, 1.54) is 5.56 Å². The van der Waals surface area contributed by atoms with Crippen molar-refractivity contribution >= 4 is 11.6 Å². The Morgan fingerprint density at radius 3 is 2.70 bits per heavy atom. The normalized spacial score (nSPS) is 10.8. The number of nitrogens with zero attached hydrogens (tertiary/aromatic N) is 3. The molecule has 0 unspecified atom stereocenters. The fraction of sp³-hybridized carbons (Fsp3) is 0.333. The maximum atomic E-state index is 5.95. The number of aryl methyl sites for hydroxylation is 1. The van der Waals surface area contributed by atoms with Crippen LogP contribution in [0.15, 0.2) is 30.3 Å². The molecule has 106 valence electrons. The standard InChI is InChI=1S/C15H18ClN3O/c1-11-7-14(16)18-15(17-11)10-19(2)9-12-5-4-6-13(8-12)20-3/h4-8H,9-10H2,1-3H3. The van der Waals surface area contributed by atoms with E-state index in [9.17, 15) is 0 Å². The molecule has 0 atom stereocenters. The zero-order valence-corrected chi connectivity index (χ0v) is 12.7. The van der Waals surface area contributed by atoms with E-state index in [0.29, 0.717) is 11.7 Å². The molecule has 2 rings (SSSR count). The van der Waals surface area contributed by atoms with Crippen LogP contribution in [0.5, 0.6) is 5.75 Å². The summed E-state index contributed by atoms with van der Waals surface area (Å²) in [6.45, 7) is 3.36. The van der Waals surface area contributed by atoms with Crippen LogP contribution in [0.25, 0.3) is 0 Å². The number of aromatic nitrogens is 2. The van der Waals surface area contributed by atoms with Crippen molar-refractivity contribution in [3.8, 4) is 5.75 Å². The lowest BCUT2D eigenvalue weighted by Gasteiger charge is -2.16. The molecule has 0 N–H and O–H groups in total. The van der Waals surface area contributed by atoms with E-state index in [4.69, 9.17) is 16.3 Å². The Morgan fingerprint density at radius 1 is 1.20 bits per heavy atom. The monoisotopic (exact) mass is 291 g/mol. The molecule has 4 nitrogen and oxygen atoms in total. The summed E-state index contributed by atoms with van der Waals surface area (Å²) in [5, 5.41) is 0.488. The van der Waals surface area contributed by atoms with Crippen LogP contribution in [0, 0.1) is 6.92 Å². The number of hydrogen-bond acceptors (Lipinski definition) is 4. The van der Waals surface area contributed by atoms with Crippen LogP contribution in [0.1, 0.15) is 17.1 Å². The first kappa shape index (κ1) is 14.8. The lowest BCUT2D eigenvalue weighted by atomic mass is 10.2. The van der Waals surface area contributed by atoms with Crippen molar-refractivity contribution < 1.29 is 4.74 Å². The van der Waals surface area contributed by atoms with Crippen LogP contribution in [0.4, 0.5) is 0 Å². The molecule has 1 aromatic heterocycles. The van der Waals surface area contributed by atoms with Gasteiger partial charge in [0.2, 0.25) is 0 Å². The van der Waals surface area contributed by atoms with Crippen molar-refractivity contribution in [1.82, 2.24) is 14.9 Å². The van der Waals surface area contributed by atoms with Gasteiger partial charge >= 0.3 is 0 Å². The van der Waals surface area contributed by atoms with E-state index in [-0.39, 0.29) is 0 Å². The molecule has 0 aliphatic heterocycles. The molecule has 5 heteroatoms. The number of ether oxygens (including phenoxy) is 1. The van der Waals surface area contributed by atoms with Gasteiger partial charge < -0.3 is 4.74 Å². The van der Waals surface area contributed by atoms with Crippen LogP contribution in [0.2, 0.25) is 5.15 Å². The molecule has 20 heavy (non-hydrogen) atoms. The largest absolute Gasteiger partial charge is 0.497 e. The molecule has 0 aliphatic carbocycles. The molecule has 0 bridgehead atoms. The fourth-order valence-electron chi connectivity index (χ4n) is 2.04. The number of hydrogen-bond donors (Lipinski definition) is 0. The van der Waals surface area contributed by atoms with Gasteiger partial charge in [0.25, 0.3) is 0 Å². The predicted octanol–water partition coefficient (Wildman–Crippen LogP) is 3.08. The number of rotatable bonds is 5. The average molecular weight is 292 g/mol. The maximum absolute atomic E-state index is 5.95. The molecular formula is C15H18ClN3O. The smallest absolute Gasteiger partial charge is 0.144 e. The van der Waals surface area contributed by atoms with Gasteiger partial charge in [-0.1, -0.05) is 23.7 Å². The summed E-state index contributed by atoms with van der Waals surface area (Å²) < 4.78 is 5.23. The van der Waals surface area contributed by atoms with Gasteiger partial charge in [0.05, 0.1) is 13.7 Å². The van der Waals surface area contributed by atoms with Gasteiger partial charge in [0, 0.05) is 12.2 Å². The molecule has 0 radical (unpaired) electrons. The SMILES string of the molecule is COc1cccc(CN(C)Cc2nc(C)cc(Cl)n2)c1. The van der Waals surface area contributed by atoms with Crippen LogP contribution in [-0.2, 0) is 13.1 Å². The Morgan fingerprint density at radius 2 is 2.00 bits per heavy atom. The first-order chi connectivity index (χ1) is 9.56. The van der Waals surface area contributed by atoms with Crippen molar-refractivity contribution in [3.63, 3.8) is 0 Å². The highest BCUT2D eigenvalue weighted by atomic mass is 35.5. The van der Waals surface area contributed by atoms with E-state index in [0.717, 1.165) is 23.8 Å². The third-order valence-corrected chi connectivity index (χ3v) is 3.06. The zero-order valence-electron chi connectivity index (χ0n) is 11.9. The highest BCUT2D eigenvalue weighted by molar-refractivity contribution is 6.29. The van der Waals surface area contributed by atoms with Crippen LogP contribution in [0.3, 0.4) is 0 Å². The molecule has 0 aliphatic rings. The van der Waals surface area contributed by atoms with Crippen LogP contribution >= 0.6 is 11.6 Å². The molecule has 0 amide bonds. The summed E-state index contributed by atoms with van der Waals surface area (Å²) in [7, 11) is 3.70. The Bertz CT molecular complexity index is 569. The molecular weight excluding hydrogens is 274 g/mol. The third-order valence-electron chi connectivity index (χ3n) is 2.87. The quantitative estimate of drug-likeness (QED) is 0.794. The van der Waals surface area contributed by atoms with Gasteiger partial charge in [-0.3, -0.25) is 4.90 Å². The molecule has 1 heterocycles. The summed E-state index contributed by atoms with van der Waals surface area (Å²) in [6.07, 6.45) is 0. The first-order valence-electron chi connectivity index (χ1n) is 6.38. The molecule has 2 aromatic rings. The Balaban J connectivity index is 2.02. The van der Waals surface area contributed by atoms with E-state index in [2.05, 4.69) is 20.9 Å². The van der Waals surface area contributed by atoms with E-state index >= 15 is 0 Å². The van der Waals surface area contributed by atoms with Gasteiger partial charge in [-0.05, 0) is 37.7 Å². The highest BCUT2D eigenvalue weighted by Gasteiger charge is 2.06. The summed E-state index contributed by atoms with van der Waals surface area (Å²) >= 11 is 5.95. The zero-order chi connectivity index (χ0) is 14.5. The number of benzene rings is 1. The molecule has 1 aromatic carbocycles. The van der Waals surface area contributed by atoms with Gasteiger partial charge in [-0.2, -0.15) is 0 Å². The Labute approximate surface area is 124 Å². The molecule has 0 saturated heterocycles. The maximum Gasteiger partial charge on any atom is 0.144 e. The number of methoxy groups -OCH3 is 1. The summed E-state index contributed by atoms with van der Waals surface area (Å²) in [6, 6.07) is 9.78. The second-order valence-corrected chi connectivity index (χ2v) is 5.16. The van der Waals surface area contributed by atoms with Gasteiger partial charge in [0.15, 0.2) is 0 Å². The van der Waals surface area contributed by atoms with E-state index in [1.807, 2.05) is 32.2 Å². The topological polar surface area (TPSA) is 38.2 Å². The minimum absolute atomic E-state index is 0.488. The van der Waals surface area contributed by atoms with Gasteiger partial charge in [-0.25, -0.2) is 9.97 Å². The highest BCUT2D eigenvalue weighted by Crippen LogP contribution is 2.15. The van der Waals surface area contributed by atoms with Gasteiger partial charge in [-0.15, -0.1) is 0 Å². The summed E-state index contributed by atoms with van der Waals surface area (Å²) in [5.41, 5.74) is 2.07. The Hall–Kier alpha value is -1.65. The second kappa shape index (κ2) is 6.68.